The van der Waals surface area contributed by atoms with Crippen molar-refractivity contribution in [3.8, 4) is 11.5 Å². The van der Waals surface area contributed by atoms with Gasteiger partial charge in [-0.3, -0.25) is 0 Å². The average Bonchev–Trinajstić information content (AvgIpc) is 2.46. The number of halogens is 1. The van der Waals surface area contributed by atoms with E-state index in [0.29, 0.717) is 16.9 Å². The highest BCUT2D eigenvalue weighted by Gasteiger charge is 2.06. The monoisotopic (exact) mass is 291 g/mol. The van der Waals surface area contributed by atoms with E-state index in [1.165, 1.54) is 6.07 Å². The van der Waals surface area contributed by atoms with Crippen molar-refractivity contribution in [3.63, 3.8) is 0 Å². The Kier molecular flexibility index (Phi) is 4.53. The van der Waals surface area contributed by atoms with E-state index in [2.05, 4.69) is 0 Å². The van der Waals surface area contributed by atoms with Crippen molar-refractivity contribution in [2.45, 2.75) is 6.61 Å². The molecule has 0 radical (unpaired) electrons. The Bertz CT molecular complexity index is 614. The van der Waals surface area contributed by atoms with Gasteiger partial charge in [-0.2, -0.15) is 0 Å². The highest BCUT2D eigenvalue weighted by molar-refractivity contribution is 7.80. The van der Waals surface area contributed by atoms with Gasteiger partial charge in [-0.25, -0.2) is 4.39 Å². The molecule has 0 bridgehead atoms. The molecule has 20 heavy (non-hydrogen) atoms. The fourth-order valence-electron chi connectivity index (χ4n) is 1.65. The van der Waals surface area contributed by atoms with Gasteiger partial charge in [0.25, 0.3) is 0 Å². The van der Waals surface area contributed by atoms with Crippen molar-refractivity contribution in [3.05, 3.63) is 59.4 Å². The Labute approximate surface area is 122 Å². The van der Waals surface area contributed by atoms with Gasteiger partial charge in [0.05, 0.1) is 7.11 Å². The van der Waals surface area contributed by atoms with E-state index < -0.39 is 0 Å². The second-order valence-electron chi connectivity index (χ2n) is 4.13. The Balaban J connectivity index is 2.04. The molecular formula is C15H14FNO2S. The summed E-state index contributed by atoms with van der Waals surface area (Å²) in [6, 6.07) is 11.7. The number of benzene rings is 2. The Morgan fingerprint density at radius 3 is 2.35 bits per heavy atom. The third kappa shape index (κ3) is 3.45. The quantitative estimate of drug-likeness (QED) is 0.860. The number of nitrogens with two attached hydrogens (primary N) is 1. The molecule has 5 heteroatoms. The van der Waals surface area contributed by atoms with E-state index in [9.17, 15) is 4.39 Å². The van der Waals surface area contributed by atoms with Crippen LogP contribution in [-0.2, 0) is 6.61 Å². The van der Waals surface area contributed by atoms with E-state index in [0.717, 1.165) is 5.75 Å². The SMILES string of the molecule is COc1ccc(OCc2ccc(C(N)=S)cc2F)cc1. The highest BCUT2D eigenvalue weighted by atomic mass is 32.1. The normalized spacial score (nSPS) is 10.1. The molecule has 0 heterocycles. The lowest BCUT2D eigenvalue weighted by Gasteiger charge is -2.09. The summed E-state index contributed by atoms with van der Waals surface area (Å²) in [6.45, 7) is 0.135. The van der Waals surface area contributed by atoms with Gasteiger partial charge in [-0.05, 0) is 30.3 Å². The van der Waals surface area contributed by atoms with Crippen LogP contribution in [0.2, 0.25) is 0 Å². The number of hydrogen-bond acceptors (Lipinski definition) is 3. The Morgan fingerprint density at radius 1 is 1.15 bits per heavy atom. The predicted octanol–water partition coefficient (Wildman–Crippen LogP) is 3.05. The van der Waals surface area contributed by atoms with Gasteiger partial charge in [0.1, 0.15) is 28.9 Å². The third-order valence-electron chi connectivity index (χ3n) is 2.79. The molecular weight excluding hydrogens is 277 g/mol. The molecule has 2 aromatic carbocycles. The summed E-state index contributed by atoms with van der Waals surface area (Å²) < 4.78 is 24.4. The van der Waals surface area contributed by atoms with Gasteiger partial charge < -0.3 is 15.2 Å². The summed E-state index contributed by atoms with van der Waals surface area (Å²) in [7, 11) is 1.59. The van der Waals surface area contributed by atoms with Gasteiger partial charge in [-0.1, -0.05) is 24.4 Å². The van der Waals surface area contributed by atoms with Crippen LogP contribution in [-0.4, -0.2) is 12.1 Å². The van der Waals surface area contributed by atoms with E-state index in [1.54, 1.807) is 43.5 Å². The van der Waals surface area contributed by atoms with Crippen molar-refractivity contribution in [2.24, 2.45) is 5.73 Å². The van der Waals surface area contributed by atoms with Gasteiger partial charge in [0.15, 0.2) is 0 Å². The fourth-order valence-corrected chi connectivity index (χ4v) is 1.78. The molecule has 0 saturated heterocycles. The lowest BCUT2D eigenvalue weighted by molar-refractivity contribution is 0.299. The molecule has 3 nitrogen and oxygen atoms in total. The summed E-state index contributed by atoms with van der Waals surface area (Å²) in [4.78, 5) is 0.173. The molecule has 0 saturated carbocycles. The number of methoxy groups -OCH3 is 1. The predicted molar refractivity (Wildman–Crippen MR) is 79.6 cm³/mol. The van der Waals surface area contributed by atoms with Crippen LogP contribution >= 0.6 is 12.2 Å². The van der Waals surface area contributed by atoms with E-state index in [-0.39, 0.29) is 17.4 Å². The Hall–Kier alpha value is -2.14. The Morgan fingerprint density at radius 2 is 1.80 bits per heavy atom. The summed E-state index contributed by atoms with van der Waals surface area (Å²) in [6.07, 6.45) is 0. The van der Waals surface area contributed by atoms with Gasteiger partial charge >= 0.3 is 0 Å². The molecule has 2 aromatic rings. The summed E-state index contributed by atoms with van der Waals surface area (Å²) in [5.74, 6) is 0.997. The summed E-state index contributed by atoms with van der Waals surface area (Å²) in [5, 5.41) is 0. The van der Waals surface area contributed by atoms with Crippen LogP contribution in [0.3, 0.4) is 0 Å². The van der Waals surface area contributed by atoms with E-state index in [4.69, 9.17) is 27.4 Å². The van der Waals surface area contributed by atoms with Crippen molar-refractivity contribution >= 4 is 17.2 Å². The lowest BCUT2D eigenvalue weighted by Crippen LogP contribution is -2.10. The lowest BCUT2D eigenvalue weighted by atomic mass is 10.1. The topological polar surface area (TPSA) is 44.5 Å². The first-order valence-electron chi connectivity index (χ1n) is 5.95. The zero-order valence-electron chi connectivity index (χ0n) is 10.9. The van der Waals surface area contributed by atoms with Gasteiger partial charge in [-0.15, -0.1) is 0 Å². The van der Waals surface area contributed by atoms with Crippen LogP contribution in [0.4, 0.5) is 4.39 Å². The number of thiocarbonyl (C=S) groups is 1. The maximum absolute atomic E-state index is 13.8. The van der Waals surface area contributed by atoms with Crippen LogP contribution in [0.15, 0.2) is 42.5 Å². The molecule has 2 rings (SSSR count). The molecule has 0 unspecified atom stereocenters. The fraction of sp³-hybridized carbons (Fsp3) is 0.133. The first kappa shape index (κ1) is 14.3. The minimum Gasteiger partial charge on any atom is -0.497 e. The molecule has 0 fully saturated rings. The molecule has 0 aliphatic rings. The zero-order chi connectivity index (χ0) is 14.5. The van der Waals surface area contributed by atoms with Crippen molar-refractivity contribution in [2.75, 3.05) is 7.11 Å². The maximum Gasteiger partial charge on any atom is 0.130 e. The summed E-state index contributed by atoms with van der Waals surface area (Å²) >= 11 is 4.80. The van der Waals surface area contributed by atoms with Crippen LogP contribution in [0.5, 0.6) is 11.5 Å². The van der Waals surface area contributed by atoms with Crippen LogP contribution < -0.4 is 15.2 Å². The van der Waals surface area contributed by atoms with E-state index >= 15 is 0 Å². The minimum absolute atomic E-state index is 0.135. The molecule has 0 aliphatic carbocycles. The number of ether oxygens (including phenoxy) is 2. The smallest absolute Gasteiger partial charge is 0.130 e. The molecule has 0 spiro atoms. The van der Waals surface area contributed by atoms with Crippen LogP contribution in [0, 0.1) is 5.82 Å². The first-order chi connectivity index (χ1) is 9.60. The zero-order valence-corrected chi connectivity index (χ0v) is 11.7. The standard InChI is InChI=1S/C15H14FNO2S/c1-18-12-4-6-13(7-5-12)19-9-11-3-2-10(15(17)20)8-14(11)16/h2-8H,9H2,1H3,(H2,17,20). The average molecular weight is 291 g/mol. The highest BCUT2D eigenvalue weighted by Crippen LogP contribution is 2.19. The molecule has 0 aromatic heterocycles. The van der Waals surface area contributed by atoms with Gasteiger partial charge in [0, 0.05) is 11.1 Å². The van der Waals surface area contributed by atoms with Crippen LogP contribution in [0.1, 0.15) is 11.1 Å². The number of hydrogen-bond donors (Lipinski definition) is 1. The minimum atomic E-state index is -0.385. The van der Waals surface area contributed by atoms with E-state index in [1.807, 2.05) is 0 Å². The molecule has 2 N–H and O–H groups in total. The molecule has 0 atom stereocenters. The maximum atomic E-state index is 13.8. The second-order valence-corrected chi connectivity index (χ2v) is 4.57. The van der Waals surface area contributed by atoms with Crippen molar-refractivity contribution in [1.29, 1.82) is 0 Å². The molecule has 0 amide bonds. The molecule has 0 aliphatic heterocycles. The van der Waals surface area contributed by atoms with Crippen LogP contribution in [0.25, 0.3) is 0 Å². The molecule has 104 valence electrons. The van der Waals surface area contributed by atoms with Gasteiger partial charge in [0.2, 0.25) is 0 Å². The van der Waals surface area contributed by atoms with Crippen molar-refractivity contribution in [1.82, 2.24) is 0 Å². The van der Waals surface area contributed by atoms with Crippen molar-refractivity contribution < 1.29 is 13.9 Å². The second kappa shape index (κ2) is 6.34. The number of rotatable bonds is 5. The third-order valence-corrected chi connectivity index (χ3v) is 3.03. The summed E-state index contributed by atoms with van der Waals surface area (Å²) in [5.41, 5.74) is 6.40. The first-order valence-corrected chi connectivity index (χ1v) is 6.36. The largest absolute Gasteiger partial charge is 0.497 e.